The fraction of sp³-hybridized carbons (Fsp3) is 0.650. The van der Waals surface area contributed by atoms with Crippen molar-refractivity contribution < 1.29 is 9.53 Å². The van der Waals surface area contributed by atoms with Gasteiger partial charge in [0.15, 0.2) is 0 Å². The third kappa shape index (κ3) is 2.81. The van der Waals surface area contributed by atoms with Crippen molar-refractivity contribution in [2.45, 2.75) is 63.1 Å². The highest BCUT2D eigenvalue weighted by atomic mass is 79.9. The maximum atomic E-state index is 13.2. The Kier molecular flexibility index (Phi) is 4.19. The van der Waals surface area contributed by atoms with Crippen LogP contribution in [-0.4, -0.2) is 52.7 Å². The summed E-state index contributed by atoms with van der Waals surface area (Å²) in [5.74, 6) is 0.0712. The van der Waals surface area contributed by atoms with E-state index in [0.717, 1.165) is 28.9 Å². The zero-order valence-corrected chi connectivity index (χ0v) is 17.8. The van der Waals surface area contributed by atoms with Gasteiger partial charge in [-0.2, -0.15) is 5.26 Å². The lowest BCUT2D eigenvalue weighted by molar-refractivity contribution is -0.129. The molecule has 27 heavy (non-hydrogen) atoms. The molecule has 3 aliphatic rings. The molecule has 2 fully saturated rings. The fourth-order valence-electron chi connectivity index (χ4n) is 4.67. The van der Waals surface area contributed by atoms with Crippen molar-refractivity contribution in [3.05, 3.63) is 22.4 Å². The van der Waals surface area contributed by atoms with Gasteiger partial charge in [0.2, 0.25) is 5.91 Å². The van der Waals surface area contributed by atoms with Gasteiger partial charge in [0.05, 0.1) is 35.1 Å². The average Bonchev–Trinajstić information content (AvgIpc) is 2.74. The van der Waals surface area contributed by atoms with Crippen LogP contribution >= 0.6 is 15.9 Å². The molecule has 7 heteroatoms. The van der Waals surface area contributed by atoms with E-state index in [4.69, 9.17) is 4.74 Å². The minimum Gasteiger partial charge on any atom is -0.373 e. The zero-order chi connectivity index (χ0) is 19.6. The number of hydrogen-bond donors (Lipinski definition) is 0. The molecular weight excluding hydrogens is 408 g/mol. The first-order chi connectivity index (χ1) is 12.6. The highest BCUT2D eigenvalue weighted by molar-refractivity contribution is 9.10. The first kappa shape index (κ1) is 18.9. The summed E-state index contributed by atoms with van der Waals surface area (Å²) in [6, 6.07) is 4.55. The summed E-state index contributed by atoms with van der Waals surface area (Å²) < 4.78 is 6.66. The number of ether oxygens (including phenoxy) is 1. The number of fused-ring (bicyclic) bond motifs is 1. The van der Waals surface area contributed by atoms with Gasteiger partial charge in [0, 0.05) is 42.6 Å². The number of rotatable bonds is 2. The number of amides is 1. The van der Waals surface area contributed by atoms with Crippen LogP contribution in [0.15, 0.2) is 16.7 Å². The van der Waals surface area contributed by atoms with Crippen LogP contribution in [0.3, 0.4) is 0 Å². The first-order valence-electron chi connectivity index (χ1n) is 9.40. The Balaban J connectivity index is 1.60. The summed E-state index contributed by atoms with van der Waals surface area (Å²) in [7, 11) is 0. The molecular formula is C20H25BrN4O2. The van der Waals surface area contributed by atoms with Crippen LogP contribution in [0.1, 0.15) is 46.2 Å². The minimum absolute atomic E-state index is 0.0275. The Morgan fingerprint density at radius 2 is 2.04 bits per heavy atom. The van der Waals surface area contributed by atoms with E-state index in [1.54, 1.807) is 6.20 Å². The number of carbonyl (C=O) groups excluding carboxylic acids is 1. The molecule has 6 nitrogen and oxygen atoms in total. The number of anilines is 1. The molecule has 0 bridgehead atoms. The summed E-state index contributed by atoms with van der Waals surface area (Å²) in [6.45, 7) is 10.1. The Bertz CT molecular complexity index is 839. The second kappa shape index (κ2) is 6.00. The quantitative estimate of drug-likeness (QED) is 0.718. The van der Waals surface area contributed by atoms with Gasteiger partial charge in [-0.25, -0.2) is 0 Å². The largest absolute Gasteiger partial charge is 0.373 e. The van der Waals surface area contributed by atoms with Crippen LogP contribution in [0.2, 0.25) is 0 Å². The Morgan fingerprint density at radius 3 is 2.67 bits per heavy atom. The smallest absolute Gasteiger partial charge is 0.239 e. The van der Waals surface area contributed by atoms with E-state index in [0.29, 0.717) is 19.4 Å². The molecule has 0 unspecified atom stereocenters. The molecule has 1 aliphatic carbocycles. The SMILES string of the molecule is CC1(C)CN([C@]2(C#N)C[C@H](N3C(=O)C(C)(C)c4ncc(Br)cc43)C2)CCO1. The van der Waals surface area contributed by atoms with Crippen molar-refractivity contribution in [3.63, 3.8) is 0 Å². The lowest BCUT2D eigenvalue weighted by Crippen LogP contribution is -2.67. The van der Waals surface area contributed by atoms with Gasteiger partial charge in [0.25, 0.3) is 0 Å². The number of morpholine rings is 1. The molecule has 1 saturated carbocycles. The summed E-state index contributed by atoms with van der Waals surface area (Å²) in [5.41, 5.74) is 0.288. The van der Waals surface area contributed by atoms with Crippen molar-refractivity contribution >= 4 is 27.5 Å². The predicted octanol–water partition coefficient (Wildman–Crippen LogP) is 3.00. The highest BCUT2D eigenvalue weighted by Crippen LogP contribution is 2.49. The van der Waals surface area contributed by atoms with Gasteiger partial charge in [-0.15, -0.1) is 0 Å². The molecule has 0 spiro atoms. The van der Waals surface area contributed by atoms with E-state index in [-0.39, 0.29) is 17.6 Å². The maximum absolute atomic E-state index is 13.2. The van der Waals surface area contributed by atoms with E-state index in [1.165, 1.54) is 0 Å². The van der Waals surface area contributed by atoms with Crippen molar-refractivity contribution in [2.75, 3.05) is 24.6 Å². The molecule has 1 saturated heterocycles. The Morgan fingerprint density at radius 1 is 1.33 bits per heavy atom. The number of pyridine rings is 1. The monoisotopic (exact) mass is 432 g/mol. The van der Waals surface area contributed by atoms with E-state index in [1.807, 2.05) is 24.8 Å². The summed E-state index contributed by atoms with van der Waals surface area (Å²) >= 11 is 3.48. The molecule has 1 aromatic heterocycles. The molecule has 1 amide bonds. The van der Waals surface area contributed by atoms with Crippen LogP contribution < -0.4 is 4.90 Å². The van der Waals surface area contributed by atoms with Crippen molar-refractivity contribution in [1.29, 1.82) is 5.26 Å². The molecule has 0 aromatic carbocycles. The van der Waals surface area contributed by atoms with E-state index in [2.05, 4.69) is 45.7 Å². The first-order valence-corrected chi connectivity index (χ1v) is 10.2. The second-order valence-electron chi connectivity index (χ2n) is 9.06. The van der Waals surface area contributed by atoms with Gasteiger partial charge < -0.3 is 9.64 Å². The summed E-state index contributed by atoms with van der Waals surface area (Å²) in [6.07, 6.45) is 3.06. The van der Waals surface area contributed by atoms with Crippen molar-refractivity contribution in [1.82, 2.24) is 9.88 Å². The van der Waals surface area contributed by atoms with E-state index in [9.17, 15) is 10.1 Å². The Hall–Kier alpha value is -1.49. The lowest BCUT2D eigenvalue weighted by atomic mass is 9.70. The minimum atomic E-state index is -0.637. The predicted molar refractivity (Wildman–Crippen MR) is 105 cm³/mol. The van der Waals surface area contributed by atoms with Crippen molar-refractivity contribution in [2.24, 2.45) is 0 Å². The number of halogens is 1. The fourth-order valence-corrected chi connectivity index (χ4v) is 4.99. The van der Waals surface area contributed by atoms with Crippen LogP contribution in [0.5, 0.6) is 0 Å². The number of hydrogen-bond acceptors (Lipinski definition) is 5. The van der Waals surface area contributed by atoms with Gasteiger partial charge in [-0.05, 0) is 49.7 Å². The molecule has 1 aromatic rings. The second-order valence-corrected chi connectivity index (χ2v) is 9.97. The average molecular weight is 433 g/mol. The number of aromatic nitrogens is 1. The molecule has 3 heterocycles. The molecule has 0 radical (unpaired) electrons. The number of nitrogens with zero attached hydrogens (tertiary/aromatic N) is 4. The highest BCUT2D eigenvalue weighted by Gasteiger charge is 2.57. The van der Waals surface area contributed by atoms with Gasteiger partial charge in [-0.3, -0.25) is 14.7 Å². The normalized spacial score (nSPS) is 31.9. The number of nitriles is 1. The van der Waals surface area contributed by atoms with Crippen LogP contribution in [0.25, 0.3) is 0 Å². The molecule has 144 valence electrons. The van der Waals surface area contributed by atoms with Gasteiger partial charge in [0.1, 0.15) is 5.54 Å². The van der Waals surface area contributed by atoms with Crippen LogP contribution in [0.4, 0.5) is 5.69 Å². The summed E-state index contributed by atoms with van der Waals surface area (Å²) in [5, 5.41) is 9.97. The summed E-state index contributed by atoms with van der Waals surface area (Å²) in [4.78, 5) is 21.8. The van der Waals surface area contributed by atoms with Crippen LogP contribution in [0, 0.1) is 11.3 Å². The molecule has 2 aliphatic heterocycles. The van der Waals surface area contributed by atoms with Crippen molar-refractivity contribution in [3.8, 4) is 6.07 Å². The Labute approximate surface area is 168 Å². The maximum Gasteiger partial charge on any atom is 0.239 e. The standard InChI is InChI=1S/C20H25BrN4O2/c1-18(2)12-24(5-6-27-18)20(11-22)8-14(9-20)25-15-7-13(21)10-23-16(15)19(3,4)17(25)26/h7,10,14H,5-6,8-9,12H2,1-4H3/t14-,20+. The molecule has 0 N–H and O–H groups in total. The third-order valence-electron chi connectivity index (χ3n) is 6.19. The molecule has 0 atom stereocenters. The van der Waals surface area contributed by atoms with E-state index >= 15 is 0 Å². The lowest BCUT2D eigenvalue weighted by Gasteiger charge is -2.55. The number of carbonyl (C=O) groups is 1. The van der Waals surface area contributed by atoms with Gasteiger partial charge >= 0.3 is 0 Å². The zero-order valence-electron chi connectivity index (χ0n) is 16.3. The topological polar surface area (TPSA) is 69.5 Å². The molecule has 4 rings (SSSR count). The van der Waals surface area contributed by atoms with Gasteiger partial charge in [-0.1, -0.05) is 0 Å². The van der Waals surface area contributed by atoms with Crippen LogP contribution in [-0.2, 0) is 14.9 Å². The van der Waals surface area contributed by atoms with E-state index < -0.39 is 11.0 Å². The third-order valence-corrected chi connectivity index (χ3v) is 6.62.